The number of hydrogen-bond acceptors (Lipinski definition) is 7. The van der Waals surface area contributed by atoms with Crippen LogP contribution in [0, 0.1) is 6.92 Å². The van der Waals surface area contributed by atoms with Crippen molar-refractivity contribution in [1.82, 2.24) is 9.78 Å². The Labute approximate surface area is 228 Å². The first kappa shape index (κ1) is 27.4. The largest absolute Gasteiger partial charge is 0.496 e. The topological polar surface area (TPSA) is 88.9 Å². The number of rotatable bonds is 9. The average Bonchev–Trinajstić information content (AvgIpc) is 3.36. The van der Waals surface area contributed by atoms with Gasteiger partial charge in [0.1, 0.15) is 29.4 Å². The molecule has 4 rings (SSSR count). The summed E-state index contributed by atoms with van der Waals surface area (Å²) in [6.07, 6.45) is 0. The van der Waals surface area contributed by atoms with Gasteiger partial charge in [0.15, 0.2) is 5.69 Å². The van der Waals surface area contributed by atoms with Crippen LogP contribution in [0.3, 0.4) is 0 Å². The monoisotopic (exact) mass is 528 g/mol. The van der Waals surface area contributed by atoms with Gasteiger partial charge >= 0.3 is 11.9 Å². The van der Waals surface area contributed by atoms with E-state index in [2.05, 4.69) is 31.1 Å². The van der Waals surface area contributed by atoms with E-state index < -0.39 is 11.9 Å². The van der Waals surface area contributed by atoms with Gasteiger partial charge in [-0.05, 0) is 60.4 Å². The Kier molecular flexibility index (Phi) is 8.34. The molecule has 0 aliphatic heterocycles. The lowest BCUT2D eigenvalue weighted by atomic mass is 10.0. The zero-order valence-corrected chi connectivity index (χ0v) is 23.0. The summed E-state index contributed by atoms with van der Waals surface area (Å²) in [6.45, 7) is 6.48. The second-order valence-corrected chi connectivity index (χ2v) is 9.31. The van der Waals surface area contributed by atoms with Crippen LogP contribution >= 0.6 is 0 Å². The molecule has 0 unspecified atom stereocenters. The van der Waals surface area contributed by atoms with Crippen LogP contribution in [0.15, 0.2) is 66.7 Å². The Morgan fingerprint density at radius 3 is 2.23 bits per heavy atom. The van der Waals surface area contributed by atoms with E-state index in [4.69, 9.17) is 18.9 Å². The third-order valence-electron chi connectivity index (χ3n) is 6.38. The van der Waals surface area contributed by atoms with E-state index in [0.29, 0.717) is 17.0 Å². The van der Waals surface area contributed by atoms with E-state index in [0.717, 1.165) is 22.4 Å². The maximum Gasteiger partial charge on any atom is 0.357 e. The molecule has 0 aliphatic rings. The van der Waals surface area contributed by atoms with Crippen LogP contribution in [0.2, 0.25) is 0 Å². The summed E-state index contributed by atoms with van der Waals surface area (Å²) < 4.78 is 23.4. The van der Waals surface area contributed by atoms with Crippen LogP contribution in [0.4, 0.5) is 0 Å². The highest BCUT2D eigenvalue weighted by Crippen LogP contribution is 2.34. The van der Waals surface area contributed by atoms with Crippen molar-refractivity contribution in [3.8, 4) is 28.4 Å². The fourth-order valence-electron chi connectivity index (χ4n) is 4.39. The lowest BCUT2D eigenvalue weighted by Gasteiger charge is -2.16. The minimum absolute atomic E-state index is 0.00557. The first-order valence-electron chi connectivity index (χ1n) is 12.5. The van der Waals surface area contributed by atoms with Crippen molar-refractivity contribution in [3.63, 3.8) is 0 Å². The number of ether oxygens (including phenoxy) is 4. The molecule has 0 aliphatic carbocycles. The van der Waals surface area contributed by atoms with Crippen molar-refractivity contribution in [2.24, 2.45) is 0 Å². The van der Waals surface area contributed by atoms with Gasteiger partial charge in [0.05, 0.1) is 27.0 Å². The van der Waals surface area contributed by atoms with Gasteiger partial charge in [-0.2, -0.15) is 5.10 Å². The van der Waals surface area contributed by atoms with Gasteiger partial charge in [0.2, 0.25) is 0 Å². The number of nitrogens with zero attached hydrogens (tertiary/aromatic N) is 2. The second-order valence-electron chi connectivity index (χ2n) is 9.31. The lowest BCUT2D eigenvalue weighted by molar-refractivity contribution is 0.0549. The first-order valence-corrected chi connectivity index (χ1v) is 12.5. The van der Waals surface area contributed by atoms with Gasteiger partial charge < -0.3 is 18.9 Å². The number of carbonyl (C=O) groups is 2. The minimum Gasteiger partial charge on any atom is -0.496 e. The molecule has 3 aromatic carbocycles. The van der Waals surface area contributed by atoms with E-state index in [9.17, 15) is 9.59 Å². The minimum atomic E-state index is -0.712. The summed E-state index contributed by atoms with van der Waals surface area (Å²) in [5, 5.41) is 4.69. The van der Waals surface area contributed by atoms with Crippen LogP contribution in [-0.2, 0) is 16.1 Å². The third-order valence-corrected chi connectivity index (χ3v) is 6.38. The first-order chi connectivity index (χ1) is 18.8. The van der Waals surface area contributed by atoms with Crippen molar-refractivity contribution in [3.05, 3.63) is 94.7 Å². The maximum atomic E-state index is 13.0. The van der Waals surface area contributed by atoms with Crippen LogP contribution in [-0.4, -0.2) is 43.0 Å². The maximum absolute atomic E-state index is 13.0. The Bertz CT molecular complexity index is 1490. The van der Waals surface area contributed by atoms with Crippen molar-refractivity contribution in [1.29, 1.82) is 0 Å². The molecule has 8 nitrogen and oxygen atoms in total. The molecule has 0 amide bonds. The number of aryl methyl sites for hydroxylation is 1. The molecule has 4 aromatic rings. The average molecular weight is 529 g/mol. The van der Waals surface area contributed by atoms with Gasteiger partial charge in [-0.25, -0.2) is 14.3 Å². The molecule has 8 heteroatoms. The molecule has 0 N–H and O–H groups in total. The molecule has 0 saturated heterocycles. The van der Waals surface area contributed by atoms with Gasteiger partial charge in [0, 0.05) is 11.1 Å². The van der Waals surface area contributed by atoms with Crippen molar-refractivity contribution in [2.45, 2.75) is 33.3 Å². The highest BCUT2D eigenvalue weighted by molar-refractivity contribution is 6.06. The molecule has 202 valence electrons. The molecule has 0 radical (unpaired) electrons. The highest BCUT2D eigenvalue weighted by Gasteiger charge is 2.31. The Morgan fingerprint density at radius 1 is 0.872 bits per heavy atom. The van der Waals surface area contributed by atoms with E-state index in [-0.39, 0.29) is 29.5 Å². The van der Waals surface area contributed by atoms with Gasteiger partial charge in [-0.1, -0.05) is 44.2 Å². The number of esters is 2. The fraction of sp³-hybridized carbons (Fsp3) is 0.258. The number of carbonyl (C=O) groups excluding carboxylic acids is 2. The van der Waals surface area contributed by atoms with E-state index in [1.807, 2.05) is 37.3 Å². The van der Waals surface area contributed by atoms with Crippen LogP contribution in [0.25, 0.3) is 16.9 Å². The van der Waals surface area contributed by atoms with Crippen LogP contribution in [0.5, 0.6) is 11.5 Å². The second kappa shape index (κ2) is 11.9. The summed E-state index contributed by atoms with van der Waals surface area (Å²) in [6, 6.07) is 20.6. The standard InChI is InChI=1S/C31H32N2O6/c1-19(2)24-14-12-20(3)16-26(24)39-18-22-17-21(13-15-25(22)36-4)28-27(30(34)37-5)29(31(35)38-6)33(32-28)23-10-8-7-9-11-23/h7-17,19H,18H2,1-6H3. The lowest BCUT2D eigenvalue weighted by Crippen LogP contribution is -2.15. The molecular formula is C31H32N2O6. The molecular weight excluding hydrogens is 496 g/mol. The van der Waals surface area contributed by atoms with Gasteiger partial charge in [-0.3, -0.25) is 0 Å². The Hall–Kier alpha value is -4.59. The summed E-state index contributed by atoms with van der Waals surface area (Å²) in [5.41, 5.74) is 4.37. The predicted octanol–water partition coefficient (Wildman–Crippen LogP) is 6.13. The molecule has 0 saturated carbocycles. The van der Waals surface area contributed by atoms with E-state index >= 15 is 0 Å². The number of aromatic nitrogens is 2. The normalized spacial score (nSPS) is 10.8. The SMILES string of the molecule is COC(=O)c1c(-c2ccc(OC)c(COc3cc(C)ccc3C(C)C)c2)nn(-c2ccccc2)c1C(=O)OC. The van der Waals surface area contributed by atoms with Crippen molar-refractivity contribution >= 4 is 11.9 Å². The zero-order chi connectivity index (χ0) is 28.1. The third kappa shape index (κ3) is 5.65. The Balaban J connectivity index is 1.84. The molecule has 1 heterocycles. The van der Waals surface area contributed by atoms with Crippen LogP contribution < -0.4 is 9.47 Å². The smallest absolute Gasteiger partial charge is 0.357 e. The van der Waals surface area contributed by atoms with E-state index in [1.54, 1.807) is 31.4 Å². The molecule has 1 aromatic heterocycles. The quantitative estimate of drug-likeness (QED) is 0.241. The van der Waals surface area contributed by atoms with Crippen molar-refractivity contribution in [2.75, 3.05) is 21.3 Å². The summed E-state index contributed by atoms with van der Waals surface area (Å²) in [5.74, 6) is 0.287. The summed E-state index contributed by atoms with van der Waals surface area (Å²) in [4.78, 5) is 25.9. The number of benzene rings is 3. The molecule has 39 heavy (non-hydrogen) atoms. The van der Waals surface area contributed by atoms with Gasteiger partial charge in [-0.15, -0.1) is 0 Å². The Morgan fingerprint density at radius 2 is 1.59 bits per heavy atom. The molecule has 0 bridgehead atoms. The number of hydrogen-bond donors (Lipinski definition) is 0. The molecule has 0 fully saturated rings. The number of para-hydroxylation sites is 1. The van der Waals surface area contributed by atoms with Gasteiger partial charge in [0.25, 0.3) is 0 Å². The highest BCUT2D eigenvalue weighted by atomic mass is 16.5. The van der Waals surface area contributed by atoms with Crippen LogP contribution in [0.1, 0.15) is 57.3 Å². The molecule has 0 spiro atoms. The summed E-state index contributed by atoms with van der Waals surface area (Å²) in [7, 11) is 4.10. The fourth-order valence-corrected chi connectivity index (χ4v) is 4.39. The zero-order valence-electron chi connectivity index (χ0n) is 23.0. The number of methoxy groups -OCH3 is 3. The van der Waals surface area contributed by atoms with Crippen molar-refractivity contribution < 1.29 is 28.5 Å². The predicted molar refractivity (Wildman–Crippen MR) is 148 cm³/mol. The summed E-state index contributed by atoms with van der Waals surface area (Å²) >= 11 is 0. The van der Waals surface area contributed by atoms with E-state index in [1.165, 1.54) is 18.9 Å². The molecule has 0 atom stereocenters.